The van der Waals surface area contributed by atoms with Gasteiger partial charge in [0.1, 0.15) is 5.75 Å². The van der Waals surface area contributed by atoms with E-state index in [1.54, 1.807) is 0 Å². The third kappa shape index (κ3) is 3.47. The normalized spacial score (nSPS) is 16.1. The van der Waals surface area contributed by atoms with Gasteiger partial charge in [0.15, 0.2) is 0 Å². The van der Waals surface area contributed by atoms with E-state index in [1.807, 2.05) is 31.2 Å². The molecule has 0 spiro atoms. The first-order valence-corrected chi connectivity index (χ1v) is 6.64. The van der Waals surface area contributed by atoms with Crippen LogP contribution < -0.4 is 10.5 Å². The number of aliphatic hydroxyl groups excluding tert-OH is 1. The molecule has 1 aromatic carbocycles. The molecule has 3 N–H and O–H groups in total. The Morgan fingerprint density at radius 2 is 1.94 bits per heavy atom. The van der Waals surface area contributed by atoms with Crippen molar-refractivity contribution in [2.24, 2.45) is 5.73 Å². The van der Waals surface area contributed by atoms with Crippen LogP contribution in [0.3, 0.4) is 0 Å². The van der Waals surface area contributed by atoms with Gasteiger partial charge in [-0.2, -0.15) is 0 Å². The molecule has 0 bridgehead atoms. The number of rotatable bonds is 7. The van der Waals surface area contributed by atoms with Gasteiger partial charge in [0.05, 0.1) is 6.61 Å². The highest BCUT2D eigenvalue weighted by molar-refractivity contribution is 5.33. The van der Waals surface area contributed by atoms with Gasteiger partial charge in [-0.05, 0) is 37.5 Å². The predicted molar refractivity (Wildman–Crippen MR) is 74.9 cm³/mol. The van der Waals surface area contributed by atoms with Crippen molar-refractivity contribution in [2.75, 3.05) is 13.2 Å². The fourth-order valence-electron chi connectivity index (χ4n) is 2.02. The van der Waals surface area contributed by atoms with Crippen LogP contribution in [0.2, 0.25) is 0 Å². The summed E-state index contributed by atoms with van der Waals surface area (Å²) in [5, 5.41) is 9.20. The van der Waals surface area contributed by atoms with E-state index >= 15 is 0 Å². The van der Waals surface area contributed by atoms with Gasteiger partial charge >= 0.3 is 0 Å². The Morgan fingerprint density at radius 1 is 1.33 bits per heavy atom. The van der Waals surface area contributed by atoms with Crippen LogP contribution in [0.15, 0.2) is 24.3 Å². The molecule has 0 saturated carbocycles. The van der Waals surface area contributed by atoms with E-state index in [0.29, 0.717) is 6.42 Å². The molecule has 3 nitrogen and oxygen atoms in total. The molecule has 2 atom stereocenters. The van der Waals surface area contributed by atoms with Gasteiger partial charge in [0.25, 0.3) is 0 Å². The number of hydrogen-bond acceptors (Lipinski definition) is 3. The molecule has 102 valence electrons. The van der Waals surface area contributed by atoms with Crippen molar-refractivity contribution in [3.05, 3.63) is 29.8 Å². The van der Waals surface area contributed by atoms with E-state index in [1.165, 1.54) is 0 Å². The molecule has 3 heteroatoms. The average molecular weight is 251 g/mol. The molecule has 0 aliphatic heterocycles. The van der Waals surface area contributed by atoms with Crippen LogP contribution >= 0.6 is 0 Å². The maximum absolute atomic E-state index is 9.20. The van der Waals surface area contributed by atoms with E-state index in [-0.39, 0.29) is 18.1 Å². The van der Waals surface area contributed by atoms with Gasteiger partial charge in [-0.25, -0.2) is 0 Å². The van der Waals surface area contributed by atoms with Crippen molar-refractivity contribution in [3.8, 4) is 5.75 Å². The first kappa shape index (κ1) is 15.0. The lowest BCUT2D eigenvalue weighted by Gasteiger charge is -2.33. The molecule has 0 aliphatic carbocycles. The lowest BCUT2D eigenvalue weighted by molar-refractivity contribution is 0.229. The quantitative estimate of drug-likeness (QED) is 0.782. The highest BCUT2D eigenvalue weighted by Crippen LogP contribution is 2.31. The molecule has 18 heavy (non-hydrogen) atoms. The van der Waals surface area contributed by atoms with E-state index in [2.05, 4.69) is 13.8 Å². The number of nitrogens with two attached hydrogens (primary N) is 1. The van der Waals surface area contributed by atoms with Crippen molar-refractivity contribution < 1.29 is 9.84 Å². The van der Waals surface area contributed by atoms with Crippen LogP contribution in [0.5, 0.6) is 5.75 Å². The Labute approximate surface area is 110 Å². The first-order chi connectivity index (χ1) is 8.54. The molecule has 0 aliphatic rings. The fraction of sp³-hybridized carbons (Fsp3) is 0.600. The SMILES string of the molecule is CCCOc1ccc(C(C)(CCO)C(C)N)cc1. The topological polar surface area (TPSA) is 55.5 Å². The minimum Gasteiger partial charge on any atom is -0.494 e. The lowest BCUT2D eigenvalue weighted by Crippen LogP contribution is -2.41. The monoisotopic (exact) mass is 251 g/mol. The van der Waals surface area contributed by atoms with Crippen LogP contribution in [0, 0.1) is 0 Å². The Bertz CT molecular complexity index is 348. The maximum Gasteiger partial charge on any atom is 0.119 e. The molecule has 0 amide bonds. The van der Waals surface area contributed by atoms with E-state index in [4.69, 9.17) is 10.5 Å². The highest BCUT2D eigenvalue weighted by Gasteiger charge is 2.30. The minimum atomic E-state index is -0.196. The zero-order valence-electron chi connectivity index (χ0n) is 11.6. The Hall–Kier alpha value is -1.06. The number of ether oxygens (including phenoxy) is 1. The third-order valence-corrected chi connectivity index (χ3v) is 3.62. The largest absolute Gasteiger partial charge is 0.494 e. The summed E-state index contributed by atoms with van der Waals surface area (Å²) in [5.41, 5.74) is 7.02. The van der Waals surface area contributed by atoms with Gasteiger partial charge in [-0.3, -0.25) is 0 Å². The summed E-state index contributed by atoms with van der Waals surface area (Å²) in [6.45, 7) is 7.04. The Kier molecular flexibility index (Phi) is 5.63. The number of benzene rings is 1. The van der Waals surface area contributed by atoms with Crippen molar-refractivity contribution in [1.29, 1.82) is 0 Å². The molecular formula is C15H25NO2. The molecule has 1 aromatic rings. The first-order valence-electron chi connectivity index (χ1n) is 6.64. The fourth-order valence-corrected chi connectivity index (χ4v) is 2.02. The van der Waals surface area contributed by atoms with Gasteiger partial charge < -0.3 is 15.6 Å². The van der Waals surface area contributed by atoms with Crippen LogP contribution in [0.25, 0.3) is 0 Å². The van der Waals surface area contributed by atoms with E-state index < -0.39 is 0 Å². The second-order valence-electron chi connectivity index (χ2n) is 5.05. The standard InChI is InChI=1S/C15H25NO2/c1-4-11-18-14-7-5-13(6-8-14)15(3,9-10-17)12(2)16/h5-8,12,17H,4,9-11,16H2,1-3H3. The number of hydrogen-bond donors (Lipinski definition) is 2. The van der Waals surface area contributed by atoms with Crippen LogP contribution in [-0.2, 0) is 5.41 Å². The highest BCUT2D eigenvalue weighted by atomic mass is 16.5. The second-order valence-corrected chi connectivity index (χ2v) is 5.05. The lowest BCUT2D eigenvalue weighted by atomic mass is 9.74. The van der Waals surface area contributed by atoms with E-state index in [0.717, 1.165) is 24.3 Å². The zero-order chi connectivity index (χ0) is 13.6. The molecule has 0 radical (unpaired) electrons. The van der Waals surface area contributed by atoms with Gasteiger partial charge in [-0.1, -0.05) is 26.0 Å². The summed E-state index contributed by atoms with van der Waals surface area (Å²) in [6, 6.07) is 8.03. The second kappa shape index (κ2) is 6.76. The number of aliphatic hydroxyl groups is 1. The van der Waals surface area contributed by atoms with Crippen LogP contribution in [0.4, 0.5) is 0 Å². The van der Waals surface area contributed by atoms with Gasteiger partial charge in [0, 0.05) is 18.1 Å². The summed E-state index contributed by atoms with van der Waals surface area (Å²) in [5.74, 6) is 0.886. The summed E-state index contributed by atoms with van der Waals surface area (Å²) in [6.07, 6.45) is 1.67. The van der Waals surface area contributed by atoms with Gasteiger partial charge in [-0.15, -0.1) is 0 Å². The third-order valence-electron chi connectivity index (χ3n) is 3.62. The van der Waals surface area contributed by atoms with Crippen molar-refractivity contribution in [1.82, 2.24) is 0 Å². The summed E-state index contributed by atoms with van der Waals surface area (Å²) in [7, 11) is 0. The molecule has 0 saturated heterocycles. The molecule has 0 heterocycles. The minimum absolute atomic E-state index is 0.00735. The Balaban J connectivity index is 2.87. The smallest absolute Gasteiger partial charge is 0.119 e. The predicted octanol–water partition coefficient (Wildman–Crippen LogP) is 2.46. The van der Waals surface area contributed by atoms with Crippen LogP contribution in [0.1, 0.15) is 39.2 Å². The summed E-state index contributed by atoms with van der Waals surface area (Å²) >= 11 is 0. The maximum atomic E-state index is 9.20. The molecule has 0 fully saturated rings. The molecular weight excluding hydrogens is 226 g/mol. The van der Waals surface area contributed by atoms with Crippen molar-refractivity contribution in [3.63, 3.8) is 0 Å². The van der Waals surface area contributed by atoms with Crippen LogP contribution in [-0.4, -0.2) is 24.4 Å². The van der Waals surface area contributed by atoms with Gasteiger partial charge in [0.2, 0.25) is 0 Å². The summed E-state index contributed by atoms with van der Waals surface area (Å²) < 4.78 is 5.56. The molecule has 0 aromatic heterocycles. The Morgan fingerprint density at radius 3 is 2.39 bits per heavy atom. The zero-order valence-corrected chi connectivity index (χ0v) is 11.6. The van der Waals surface area contributed by atoms with Crippen molar-refractivity contribution >= 4 is 0 Å². The summed E-state index contributed by atoms with van der Waals surface area (Å²) in [4.78, 5) is 0. The van der Waals surface area contributed by atoms with E-state index in [9.17, 15) is 5.11 Å². The molecule has 1 rings (SSSR count). The average Bonchev–Trinajstić information content (AvgIpc) is 2.37. The van der Waals surface area contributed by atoms with Crippen molar-refractivity contribution in [2.45, 2.75) is 45.1 Å². The molecule has 2 unspecified atom stereocenters.